The molecule has 2 aromatic carbocycles. The van der Waals surface area contributed by atoms with Gasteiger partial charge in [-0.05, 0) is 41.2 Å². The lowest BCUT2D eigenvalue weighted by Crippen LogP contribution is -2.20. The van der Waals surface area contributed by atoms with Crippen molar-refractivity contribution in [1.82, 2.24) is 0 Å². The van der Waals surface area contributed by atoms with Gasteiger partial charge in [-0.25, -0.2) is 0 Å². The quantitative estimate of drug-likeness (QED) is 0.783. The number of hydrogen-bond donors (Lipinski definition) is 1. The Balaban J connectivity index is 2.17. The highest BCUT2D eigenvalue weighted by Gasteiger charge is 2.12. The summed E-state index contributed by atoms with van der Waals surface area (Å²) in [5.41, 5.74) is 8.81. The van der Waals surface area contributed by atoms with Crippen molar-refractivity contribution in [2.45, 2.75) is 25.3 Å². The maximum atomic E-state index is 6.03. The van der Waals surface area contributed by atoms with E-state index in [9.17, 15) is 0 Å². The third-order valence-corrected chi connectivity index (χ3v) is 3.53. The van der Waals surface area contributed by atoms with Gasteiger partial charge in [-0.3, -0.25) is 0 Å². The highest BCUT2D eigenvalue weighted by atomic mass is 14.6. The van der Waals surface area contributed by atoms with Crippen molar-refractivity contribution < 1.29 is 0 Å². The van der Waals surface area contributed by atoms with Crippen LogP contribution in [0, 0.1) is 0 Å². The molecular formula is C16H17N. The molecule has 86 valence electrons. The lowest BCUT2D eigenvalue weighted by Gasteiger charge is -2.19. The third kappa shape index (κ3) is 1.98. The van der Waals surface area contributed by atoms with Gasteiger partial charge in [0.25, 0.3) is 0 Å². The predicted octanol–water partition coefficient (Wildman–Crippen LogP) is 3.73. The Hall–Kier alpha value is -1.60. The number of fused-ring (bicyclic) bond motifs is 1. The molecule has 0 heterocycles. The first-order valence-electron chi connectivity index (χ1n) is 6.29. The van der Waals surface area contributed by atoms with Gasteiger partial charge in [-0.1, -0.05) is 48.5 Å². The molecule has 1 heteroatoms. The minimum absolute atomic E-state index is 0.234. The van der Waals surface area contributed by atoms with Crippen LogP contribution in [0.15, 0.2) is 48.5 Å². The van der Waals surface area contributed by atoms with Crippen molar-refractivity contribution in [2.75, 3.05) is 0 Å². The van der Waals surface area contributed by atoms with Crippen LogP contribution in [0.5, 0.6) is 0 Å². The molecule has 0 saturated carbocycles. The summed E-state index contributed by atoms with van der Waals surface area (Å²) >= 11 is 0. The Bertz CT molecular complexity index is 563. The molecule has 1 aliphatic rings. The van der Waals surface area contributed by atoms with E-state index in [1.807, 2.05) is 0 Å². The molecule has 0 bridgehead atoms. The Kier molecular flexibility index (Phi) is 2.69. The van der Waals surface area contributed by atoms with Gasteiger partial charge in [0, 0.05) is 6.04 Å². The molecule has 1 unspecified atom stereocenters. The molecule has 1 nitrogen and oxygen atoms in total. The molecule has 1 aliphatic carbocycles. The molecular weight excluding hydrogens is 206 g/mol. The fraction of sp³-hybridized carbons (Fsp3) is 0.250. The number of rotatable bonds is 1. The maximum absolute atomic E-state index is 6.03. The van der Waals surface area contributed by atoms with Gasteiger partial charge < -0.3 is 5.73 Å². The van der Waals surface area contributed by atoms with E-state index in [4.69, 9.17) is 5.73 Å². The molecule has 2 aromatic rings. The Morgan fingerprint density at radius 2 is 1.82 bits per heavy atom. The van der Waals surface area contributed by atoms with Gasteiger partial charge in [-0.2, -0.15) is 0 Å². The Labute approximate surface area is 102 Å². The monoisotopic (exact) mass is 223 g/mol. The van der Waals surface area contributed by atoms with Crippen molar-refractivity contribution in [3.8, 4) is 0 Å². The van der Waals surface area contributed by atoms with Crippen LogP contribution in [-0.4, -0.2) is 6.04 Å². The van der Waals surface area contributed by atoms with Crippen LogP contribution < -0.4 is 5.73 Å². The Morgan fingerprint density at radius 3 is 2.71 bits per heavy atom. The van der Waals surface area contributed by atoms with Crippen molar-refractivity contribution in [3.05, 3.63) is 54.1 Å². The van der Waals surface area contributed by atoms with Gasteiger partial charge in [0.05, 0.1) is 0 Å². The summed E-state index contributed by atoms with van der Waals surface area (Å²) in [6.07, 6.45) is 5.72. The predicted molar refractivity (Wildman–Crippen MR) is 73.8 cm³/mol. The Morgan fingerprint density at radius 1 is 1.00 bits per heavy atom. The lowest BCUT2D eigenvalue weighted by molar-refractivity contribution is 0.655. The summed E-state index contributed by atoms with van der Waals surface area (Å²) in [5.74, 6) is 0. The molecule has 3 rings (SSSR count). The molecule has 2 N–H and O–H groups in total. The summed E-state index contributed by atoms with van der Waals surface area (Å²) < 4.78 is 0. The summed E-state index contributed by atoms with van der Waals surface area (Å²) in [7, 11) is 0. The van der Waals surface area contributed by atoms with Gasteiger partial charge in [0.1, 0.15) is 0 Å². The SMILES string of the molecule is NC1C=C(c2cccc3ccccc23)CCC1. The number of nitrogens with two attached hydrogens (primary N) is 1. The minimum Gasteiger partial charge on any atom is -0.324 e. The number of benzene rings is 2. The van der Waals surface area contributed by atoms with E-state index in [1.165, 1.54) is 28.3 Å². The molecule has 1 atom stereocenters. The molecule has 0 aliphatic heterocycles. The largest absolute Gasteiger partial charge is 0.324 e. The molecule has 0 saturated heterocycles. The van der Waals surface area contributed by atoms with E-state index in [2.05, 4.69) is 48.5 Å². The second-order valence-corrected chi connectivity index (χ2v) is 4.77. The van der Waals surface area contributed by atoms with Gasteiger partial charge in [-0.15, -0.1) is 0 Å². The highest BCUT2D eigenvalue weighted by Crippen LogP contribution is 2.31. The standard InChI is InChI=1S/C16H17N/c17-14-8-3-7-13(11-14)16-10-4-6-12-5-1-2-9-15(12)16/h1-2,4-6,9-11,14H,3,7-8,17H2. The number of allylic oxidation sites excluding steroid dienone is 1. The van der Waals surface area contributed by atoms with E-state index >= 15 is 0 Å². The highest BCUT2D eigenvalue weighted by molar-refractivity contribution is 5.94. The molecule has 0 amide bonds. The van der Waals surface area contributed by atoms with E-state index in [-0.39, 0.29) is 6.04 Å². The topological polar surface area (TPSA) is 26.0 Å². The molecule has 17 heavy (non-hydrogen) atoms. The second kappa shape index (κ2) is 4.34. The summed E-state index contributed by atoms with van der Waals surface area (Å²) in [6, 6.07) is 15.3. The normalized spacial score (nSPS) is 20.3. The molecule has 0 radical (unpaired) electrons. The van der Waals surface area contributed by atoms with E-state index in [1.54, 1.807) is 0 Å². The van der Waals surface area contributed by atoms with Gasteiger partial charge in [0.15, 0.2) is 0 Å². The van der Waals surface area contributed by atoms with E-state index < -0.39 is 0 Å². The minimum atomic E-state index is 0.234. The van der Waals surface area contributed by atoms with E-state index in [0.29, 0.717) is 0 Å². The van der Waals surface area contributed by atoms with Gasteiger partial charge in [0.2, 0.25) is 0 Å². The van der Waals surface area contributed by atoms with Crippen LogP contribution in [0.3, 0.4) is 0 Å². The maximum Gasteiger partial charge on any atom is 0.0229 e. The van der Waals surface area contributed by atoms with Crippen molar-refractivity contribution in [1.29, 1.82) is 0 Å². The van der Waals surface area contributed by atoms with Crippen molar-refractivity contribution in [3.63, 3.8) is 0 Å². The van der Waals surface area contributed by atoms with Crippen LogP contribution in [0.25, 0.3) is 16.3 Å². The molecule has 0 spiro atoms. The van der Waals surface area contributed by atoms with Crippen molar-refractivity contribution in [2.24, 2.45) is 5.73 Å². The average Bonchev–Trinajstić information content (AvgIpc) is 2.38. The second-order valence-electron chi connectivity index (χ2n) is 4.77. The number of hydrogen-bond acceptors (Lipinski definition) is 1. The zero-order chi connectivity index (χ0) is 11.7. The summed E-state index contributed by atoms with van der Waals surface area (Å²) in [6.45, 7) is 0. The van der Waals surface area contributed by atoms with Crippen molar-refractivity contribution >= 4 is 16.3 Å². The third-order valence-electron chi connectivity index (χ3n) is 3.53. The smallest absolute Gasteiger partial charge is 0.0229 e. The fourth-order valence-corrected chi connectivity index (χ4v) is 2.68. The first-order chi connectivity index (χ1) is 8.34. The molecule has 0 aromatic heterocycles. The first-order valence-corrected chi connectivity index (χ1v) is 6.29. The van der Waals surface area contributed by atoms with Crippen LogP contribution in [0.1, 0.15) is 24.8 Å². The van der Waals surface area contributed by atoms with Gasteiger partial charge >= 0.3 is 0 Å². The first kappa shape index (κ1) is 10.5. The van der Waals surface area contributed by atoms with Crippen LogP contribution in [0.4, 0.5) is 0 Å². The van der Waals surface area contributed by atoms with Crippen LogP contribution >= 0.6 is 0 Å². The summed E-state index contributed by atoms with van der Waals surface area (Å²) in [5, 5.41) is 2.65. The average molecular weight is 223 g/mol. The zero-order valence-corrected chi connectivity index (χ0v) is 9.89. The summed E-state index contributed by atoms with van der Waals surface area (Å²) in [4.78, 5) is 0. The fourth-order valence-electron chi connectivity index (χ4n) is 2.68. The van der Waals surface area contributed by atoms with E-state index in [0.717, 1.165) is 12.8 Å². The zero-order valence-electron chi connectivity index (χ0n) is 9.89. The van der Waals surface area contributed by atoms with Crippen LogP contribution in [0.2, 0.25) is 0 Å². The lowest BCUT2D eigenvalue weighted by atomic mass is 9.89. The van der Waals surface area contributed by atoms with Crippen LogP contribution in [-0.2, 0) is 0 Å². The molecule has 0 fully saturated rings.